The Morgan fingerprint density at radius 3 is 3.00 bits per heavy atom. The summed E-state index contributed by atoms with van der Waals surface area (Å²) >= 11 is 0. The maximum Gasteiger partial charge on any atom is 0.292 e. The molecule has 1 fully saturated rings. The molecule has 0 saturated carbocycles. The quantitative estimate of drug-likeness (QED) is 0.627. The second-order valence-electron chi connectivity index (χ2n) is 4.37. The van der Waals surface area contributed by atoms with E-state index in [9.17, 15) is 10.1 Å². The Kier molecular flexibility index (Phi) is 3.44. The number of nitro groups is 1. The average Bonchev–Trinajstić information content (AvgIpc) is 2.38. The Hall–Kier alpha value is -2.13. The van der Waals surface area contributed by atoms with Crippen LogP contribution in [-0.2, 0) is 0 Å². The van der Waals surface area contributed by atoms with Crippen LogP contribution < -0.4 is 10.2 Å². The zero-order valence-corrected chi connectivity index (χ0v) is 10.1. The number of nitriles is 1. The second-order valence-corrected chi connectivity index (χ2v) is 4.37. The van der Waals surface area contributed by atoms with Crippen molar-refractivity contribution >= 4 is 11.4 Å². The minimum Gasteiger partial charge on any atom is -0.363 e. The minimum atomic E-state index is -0.400. The van der Waals surface area contributed by atoms with Crippen molar-refractivity contribution in [3.63, 3.8) is 0 Å². The third-order valence-electron chi connectivity index (χ3n) is 3.01. The first-order valence-corrected chi connectivity index (χ1v) is 5.78. The van der Waals surface area contributed by atoms with Crippen molar-refractivity contribution in [3.05, 3.63) is 33.9 Å². The van der Waals surface area contributed by atoms with E-state index in [1.54, 1.807) is 6.07 Å². The Morgan fingerprint density at radius 2 is 2.39 bits per heavy atom. The topological polar surface area (TPSA) is 82.2 Å². The Labute approximate surface area is 105 Å². The summed E-state index contributed by atoms with van der Waals surface area (Å²) in [5.41, 5.74) is 1.04. The highest BCUT2D eigenvalue weighted by Crippen LogP contribution is 2.29. The molecule has 1 atom stereocenters. The minimum absolute atomic E-state index is 0.0584. The van der Waals surface area contributed by atoms with Crippen LogP contribution in [0.5, 0.6) is 0 Å². The molecule has 0 radical (unpaired) electrons. The fourth-order valence-electron chi connectivity index (χ4n) is 2.15. The highest BCUT2D eigenvalue weighted by molar-refractivity contribution is 5.66. The molecule has 1 unspecified atom stereocenters. The molecule has 1 N–H and O–H groups in total. The number of anilines is 1. The lowest BCUT2D eigenvalue weighted by molar-refractivity contribution is -0.384. The lowest BCUT2D eigenvalue weighted by atomic mass is 10.1. The molecular formula is C12H14N4O2. The molecule has 18 heavy (non-hydrogen) atoms. The van der Waals surface area contributed by atoms with Gasteiger partial charge in [0.05, 0.1) is 16.6 Å². The van der Waals surface area contributed by atoms with Gasteiger partial charge in [-0.1, -0.05) is 0 Å². The van der Waals surface area contributed by atoms with Crippen LogP contribution in [0.3, 0.4) is 0 Å². The Morgan fingerprint density at radius 1 is 1.61 bits per heavy atom. The van der Waals surface area contributed by atoms with Gasteiger partial charge >= 0.3 is 0 Å². The first kappa shape index (κ1) is 12.3. The SMILES string of the molecule is CC1CN(c2cc(C#N)ccc2[N+](=O)[O-])CCN1. The molecule has 0 bridgehead atoms. The van der Waals surface area contributed by atoms with Crippen molar-refractivity contribution in [1.82, 2.24) is 5.32 Å². The molecule has 1 aromatic rings. The van der Waals surface area contributed by atoms with E-state index in [0.29, 0.717) is 24.3 Å². The van der Waals surface area contributed by atoms with Crippen molar-refractivity contribution in [1.29, 1.82) is 5.26 Å². The number of hydrogen-bond donors (Lipinski definition) is 1. The highest BCUT2D eigenvalue weighted by atomic mass is 16.6. The summed E-state index contributed by atoms with van der Waals surface area (Å²) in [5, 5.41) is 23.2. The van der Waals surface area contributed by atoms with Crippen LogP contribution in [0.4, 0.5) is 11.4 Å². The van der Waals surface area contributed by atoms with Crippen molar-refractivity contribution < 1.29 is 4.92 Å². The number of rotatable bonds is 2. The summed E-state index contributed by atoms with van der Waals surface area (Å²) < 4.78 is 0. The summed E-state index contributed by atoms with van der Waals surface area (Å²) in [6.45, 7) is 4.23. The molecule has 1 aliphatic heterocycles. The molecule has 1 saturated heterocycles. The predicted octanol–water partition coefficient (Wildman–Crippen LogP) is 1.26. The van der Waals surface area contributed by atoms with Gasteiger partial charge in [0.25, 0.3) is 5.69 Å². The van der Waals surface area contributed by atoms with Gasteiger partial charge in [-0.15, -0.1) is 0 Å². The predicted molar refractivity (Wildman–Crippen MR) is 67.5 cm³/mol. The van der Waals surface area contributed by atoms with Gasteiger partial charge in [0.15, 0.2) is 0 Å². The van der Waals surface area contributed by atoms with Crippen LogP contribution in [0.15, 0.2) is 18.2 Å². The Bertz CT molecular complexity index is 509. The van der Waals surface area contributed by atoms with E-state index >= 15 is 0 Å². The molecule has 0 amide bonds. The lowest BCUT2D eigenvalue weighted by Crippen LogP contribution is -2.49. The summed E-state index contributed by atoms with van der Waals surface area (Å²) in [5.74, 6) is 0. The lowest BCUT2D eigenvalue weighted by Gasteiger charge is -2.33. The van der Waals surface area contributed by atoms with Crippen LogP contribution in [0, 0.1) is 21.4 Å². The number of nitro benzene ring substituents is 1. The molecule has 1 aromatic carbocycles. The maximum atomic E-state index is 11.0. The van der Waals surface area contributed by atoms with Crippen molar-refractivity contribution in [2.45, 2.75) is 13.0 Å². The zero-order chi connectivity index (χ0) is 13.1. The number of benzene rings is 1. The largest absolute Gasteiger partial charge is 0.363 e. The molecule has 0 aliphatic carbocycles. The molecule has 1 heterocycles. The van der Waals surface area contributed by atoms with E-state index in [1.807, 2.05) is 17.9 Å². The highest BCUT2D eigenvalue weighted by Gasteiger charge is 2.23. The van der Waals surface area contributed by atoms with E-state index in [2.05, 4.69) is 5.32 Å². The number of nitrogens with zero attached hydrogens (tertiary/aromatic N) is 3. The fraction of sp³-hybridized carbons (Fsp3) is 0.417. The molecule has 1 aliphatic rings. The molecule has 2 rings (SSSR count). The van der Waals surface area contributed by atoms with Gasteiger partial charge in [0, 0.05) is 31.7 Å². The normalized spacial score (nSPS) is 19.3. The van der Waals surface area contributed by atoms with E-state index in [1.165, 1.54) is 12.1 Å². The van der Waals surface area contributed by atoms with Crippen LogP contribution >= 0.6 is 0 Å². The Balaban J connectivity index is 2.40. The summed E-state index contributed by atoms with van der Waals surface area (Å²) in [7, 11) is 0. The van der Waals surface area contributed by atoms with Gasteiger partial charge in [-0.3, -0.25) is 10.1 Å². The second kappa shape index (κ2) is 5.02. The van der Waals surface area contributed by atoms with E-state index in [-0.39, 0.29) is 11.7 Å². The molecule has 6 heteroatoms. The standard InChI is InChI=1S/C12H14N4O2/c1-9-8-15(5-4-14-9)12-6-10(7-13)2-3-11(12)16(17)18/h2-3,6,9,14H,4-5,8H2,1H3. The van der Waals surface area contributed by atoms with E-state index in [4.69, 9.17) is 5.26 Å². The van der Waals surface area contributed by atoms with Crippen LogP contribution in [-0.4, -0.2) is 30.6 Å². The summed E-state index contributed by atoms with van der Waals surface area (Å²) in [4.78, 5) is 12.6. The van der Waals surface area contributed by atoms with E-state index in [0.717, 1.165) is 6.54 Å². The third kappa shape index (κ3) is 2.41. The van der Waals surface area contributed by atoms with Gasteiger partial charge in [-0.25, -0.2) is 0 Å². The zero-order valence-electron chi connectivity index (χ0n) is 10.1. The van der Waals surface area contributed by atoms with Crippen LogP contribution in [0.1, 0.15) is 12.5 Å². The number of hydrogen-bond acceptors (Lipinski definition) is 5. The first-order valence-electron chi connectivity index (χ1n) is 5.78. The average molecular weight is 246 g/mol. The van der Waals surface area contributed by atoms with Crippen LogP contribution in [0.2, 0.25) is 0 Å². The van der Waals surface area contributed by atoms with Gasteiger partial charge in [-0.05, 0) is 19.1 Å². The van der Waals surface area contributed by atoms with Gasteiger partial charge in [0.1, 0.15) is 5.69 Å². The molecule has 0 aromatic heterocycles. The van der Waals surface area contributed by atoms with Crippen molar-refractivity contribution in [2.24, 2.45) is 0 Å². The summed E-state index contributed by atoms with van der Waals surface area (Å²) in [6, 6.07) is 6.78. The van der Waals surface area contributed by atoms with Gasteiger partial charge in [0.2, 0.25) is 0 Å². The fourth-order valence-corrected chi connectivity index (χ4v) is 2.15. The number of nitrogens with one attached hydrogen (secondary N) is 1. The molecule has 94 valence electrons. The monoisotopic (exact) mass is 246 g/mol. The molecule has 0 spiro atoms. The van der Waals surface area contributed by atoms with Gasteiger partial charge < -0.3 is 10.2 Å². The molecular weight excluding hydrogens is 232 g/mol. The van der Waals surface area contributed by atoms with Crippen molar-refractivity contribution in [3.8, 4) is 6.07 Å². The molecule has 6 nitrogen and oxygen atoms in total. The number of piperazine rings is 1. The third-order valence-corrected chi connectivity index (χ3v) is 3.01. The first-order chi connectivity index (χ1) is 8.61. The van der Waals surface area contributed by atoms with Crippen LogP contribution in [0.25, 0.3) is 0 Å². The maximum absolute atomic E-state index is 11.0. The summed E-state index contributed by atoms with van der Waals surface area (Å²) in [6.07, 6.45) is 0. The van der Waals surface area contributed by atoms with Crippen molar-refractivity contribution in [2.75, 3.05) is 24.5 Å². The smallest absolute Gasteiger partial charge is 0.292 e. The van der Waals surface area contributed by atoms with E-state index < -0.39 is 4.92 Å². The van der Waals surface area contributed by atoms with Gasteiger partial charge in [-0.2, -0.15) is 5.26 Å².